The van der Waals surface area contributed by atoms with Crippen LogP contribution in [0.2, 0.25) is 5.02 Å². The summed E-state index contributed by atoms with van der Waals surface area (Å²) in [7, 11) is 0. The predicted octanol–water partition coefficient (Wildman–Crippen LogP) is 3.96. The summed E-state index contributed by atoms with van der Waals surface area (Å²) >= 11 is 5.92. The smallest absolute Gasteiger partial charge is 0.226 e. The van der Waals surface area contributed by atoms with E-state index in [4.69, 9.17) is 16.9 Å². The second kappa shape index (κ2) is 7.48. The molecule has 2 aromatic carbocycles. The van der Waals surface area contributed by atoms with Gasteiger partial charge in [-0.2, -0.15) is 5.26 Å². The minimum atomic E-state index is -0.104. The van der Waals surface area contributed by atoms with Gasteiger partial charge in [0, 0.05) is 23.7 Å². The number of hydrogen-bond acceptors (Lipinski definition) is 3. The predicted molar refractivity (Wildman–Crippen MR) is 89.1 cm³/mol. The van der Waals surface area contributed by atoms with Crippen LogP contribution in [-0.4, -0.2) is 12.5 Å². The highest BCUT2D eigenvalue weighted by Gasteiger charge is 2.06. The third-order valence-electron chi connectivity index (χ3n) is 3.19. The molecule has 0 aliphatic carbocycles. The molecular formula is C17H16ClN3O. The molecule has 112 valence electrons. The van der Waals surface area contributed by atoms with Crippen LogP contribution in [0.5, 0.6) is 0 Å². The van der Waals surface area contributed by atoms with E-state index in [0.29, 0.717) is 23.6 Å². The average Bonchev–Trinajstić information content (AvgIpc) is 2.51. The SMILES string of the molecule is Cc1ccc(Cl)cc1NC(=O)CCNc1ccccc1C#N. The zero-order chi connectivity index (χ0) is 15.9. The van der Waals surface area contributed by atoms with Crippen LogP contribution in [0.15, 0.2) is 42.5 Å². The minimum Gasteiger partial charge on any atom is -0.383 e. The van der Waals surface area contributed by atoms with E-state index < -0.39 is 0 Å². The minimum absolute atomic E-state index is 0.104. The molecule has 2 aromatic rings. The van der Waals surface area contributed by atoms with Crippen LogP contribution in [-0.2, 0) is 4.79 Å². The molecule has 0 fully saturated rings. The van der Waals surface area contributed by atoms with Crippen LogP contribution in [0.4, 0.5) is 11.4 Å². The molecule has 0 bridgehead atoms. The number of anilines is 2. The maximum absolute atomic E-state index is 12.0. The van der Waals surface area contributed by atoms with Gasteiger partial charge in [-0.25, -0.2) is 0 Å². The van der Waals surface area contributed by atoms with Crippen molar-refractivity contribution in [2.24, 2.45) is 0 Å². The Morgan fingerprint density at radius 3 is 2.77 bits per heavy atom. The molecule has 0 aromatic heterocycles. The zero-order valence-corrected chi connectivity index (χ0v) is 12.9. The lowest BCUT2D eigenvalue weighted by atomic mass is 10.2. The maximum Gasteiger partial charge on any atom is 0.226 e. The summed E-state index contributed by atoms with van der Waals surface area (Å²) in [6.45, 7) is 2.36. The van der Waals surface area contributed by atoms with E-state index >= 15 is 0 Å². The third kappa shape index (κ3) is 4.24. The van der Waals surface area contributed by atoms with E-state index in [-0.39, 0.29) is 5.91 Å². The van der Waals surface area contributed by atoms with Gasteiger partial charge in [-0.15, -0.1) is 0 Å². The monoisotopic (exact) mass is 313 g/mol. The summed E-state index contributed by atoms with van der Waals surface area (Å²) in [6.07, 6.45) is 0.297. The van der Waals surface area contributed by atoms with Crippen LogP contribution in [0.3, 0.4) is 0 Å². The average molecular weight is 314 g/mol. The van der Waals surface area contributed by atoms with Crippen molar-refractivity contribution in [2.45, 2.75) is 13.3 Å². The Hall–Kier alpha value is -2.51. The molecular weight excluding hydrogens is 298 g/mol. The number of nitrogens with one attached hydrogen (secondary N) is 2. The lowest BCUT2D eigenvalue weighted by molar-refractivity contribution is -0.115. The lowest BCUT2D eigenvalue weighted by Crippen LogP contribution is -2.17. The molecule has 5 heteroatoms. The first kappa shape index (κ1) is 15.9. The molecule has 0 spiro atoms. The number of halogens is 1. The first-order valence-corrected chi connectivity index (χ1v) is 7.27. The molecule has 4 nitrogen and oxygen atoms in total. The van der Waals surface area contributed by atoms with Gasteiger partial charge in [0.15, 0.2) is 0 Å². The molecule has 22 heavy (non-hydrogen) atoms. The van der Waals surface area contributed by atoms with Crippen LogP contribution in [0, 0.1) is 18.3 Å². The van der Waals surface area contributed by atoms with Crippen molar-refractivity contribution in [3.05, 3.63) is 58.6 Å². The van der Waals surface area contributed by atoms with Gasteiger partial charge in [0.25, 0.3) is 0 Å². The number of para-hydroxylation sites is 1. The largest absolute Gasteiger partial charge is 0.383 e. The van der Waals surface area contributed by atoms with Crippen molar-refractivity contribution in [3.63, 3.8) is 0 Å². The Kier molecular flexibility index (Phi) is 5.40. The molecule has 0 heterocycles. The van der Waals surface area contributed by atoms with E-state index in [1.165, 1.54) is 0 Å². The summed E-state index contributed by atoms with van der Waals surface area (Å²) in [4.78, 5) is 12.0. The van der Waals surface area contributed by atoms with Gasteiger partial charge in [-0.1, -0.05) is 29.8 Å². The van der Waals surface area contributed by atoms with Crippen molar-refractivity contribution in [3.8, 4) is 6.07 Å². The number of nitriles is 1. The second-order valence-electron chi connectivity index (χ2n) is 4.84. The molecule has 2 rings (SSSR count). The normalized spacial score (nSPS) is 9.86. The third-order valence-corrected chi connectivity index (χ3v) is 3.42. The van der Waals surface area contributed by atoms with Crippen molar-refractivity contribution >= 4 is 28.9 Å². The van der Waals surface area contributed by atoms with Gasteiger partial charge < -0.3 is 10.6 Å². The number of carbonyl (C=O) groups excluding carboxylic acids is 1. The van der Waals surface area contributed by atoms with Gasteiger partial charge in [0.05, 0.1) is 11.3 Å². The Morgan fingerprint density at radius 1 is 1.23 bits per heavy atom. The summed E-state index contributed by atoms with van der Waals surface area (Å²) in [5.41, 5.74) is 2.97. The van der Waals surface area contributed by atoms with Gasteiger partial charge in [0.1, 0.15) is 6.07 Å². The molecule has 0 aliphatic heterocycles. The molecule has 0 saturated heterocycles. The van der Waals surface area contributed by atoms with E-state index in [9.17, 15) is 4.79 Å². The Bertz CT molecular complexity index is 722. The fourth-order valence-electron chi connectivity index (χ4n) is 1.99. The number of amides is 1. The van der Waals surface area contributed by atoms with Gasteiger partial charge >= 0.3 is 0 Å². The number of nitrogens with zero attached hydrogens (tertiary/aromatic N) is 1. The summed E-state index contributed by atoms with van der Waals surface area (Å²) in [6, 6.07) is 14.7. The van der Waals surface area contributed by atoms with Gasteiger partial charge in [-0.05, 0) is 36.8 Å². The molecule has 0 saturated carbocycles. The maximum atomic E-state index is 12.0. The van der Waals surface area contributed by atoms with Crippen LogP contribution >= 0.6 is 11.6 Å². The van der Waals surface area contributed by atoms with E-state index in [0.717, 1.165) is 16.9 Å². The highest BCUT2D eigenvalue weighted by Crippen LogP contribution is 2.20. The lowest BCUT2D eigenvalue weighted by Gasteiger charge is -2.10. The highest BCUT2D eigenvalue weighted by molar-refractivity contribution is 6.31. The number of hydrogen-bond donors (Lipinski definition) is 2. The van der Waals surface area contributed by atoms with Crippen LogP contribution in [0.1, 0.15) is 17.5 Å². The number of aryl methyl sites for hydroxylation is 1. The first-order valence-electron chi connectivity index (χ1n) is 6.89. The van der Waals surface area contributed by atoms with Gasteiger partial charge in [-0.3, -0.25) is 4.79 Å². The molecule has 1 amide bonds. The fraction of sp³-hybridized carbons (Fsp3) is 0.176. The molecule has 0 atom stereocenters. The summed E-state index contributed by atoms with van der Waals surface area (Å²) in [5, 5.41) is 15.5. The molecule has 0 aliphatic rings. The second-order valence-corrected chi connectivity index (χ2v) is 5.28. The quantitative estimate of drug-likeness (QED) is 0.878. The van der Waals surface area contributed by atoms with Crippen molar-refractivity contribution in [1.29, 1.82) is 5.26 Å². The first-order chi connectivity index (χ1) is 10.6. The molecule has 0 unspecified atom stereocenters. The van der Waals surface area contributed by atoms with Crippen molar-refractivity contribution in [2.75, 3.05) is 17.2 Å². The van der Waals surface area contributed by atoms with Crippen molar-refractivity contribution in [1.82, 2.24) is 0 Å². The highest BCUT2D eigenvalue weighted by atomic mass is 35.5. The van der Waals surface area contributed by atoms with Crippen LogP contribution in [0.25, 0.3) is 0 Å². The standard InChI is InChI=1S/C17H16ClN3O/c1-12-6-7-14(18)10-16(12)21-17(22)8-9-20-15-5-3-2-4-13(15)11-19/h2-7,10,20H,8-9H2,1H3,(H,21,22). The number of carbonyl (C=O) groups is 1. The van der Waals surface area contributed by atoms with Crippen LogP contribution < -0.4 is 10.6 Å². The van der Waals surface area contributed by atoms with Gasteiger partial charge in [0.2, 0.25) is 5.91 Å². The number of rotatable bonds is 5. The van der Waals surface area contributed by atoms with E-state index in [1.54, 1.807) is 24.3 Å². The fourth-order valence-corrected chi connectivity index (χ4v) is 2.16. The van der Waals surface area contributed by atoms with E-state index in [2.05, 4.69) is 16.7 Å². The summed E-state index contributed by atoms with van der Waals surface area (Å²) in [5.74, 6) is -0.104. The molecule has 2 N–H and O–H groups in total. The Labute approximate surface area is 134 Å². The summed E-state index contributed by atoms with van der Waals surface area (Å²) < 4.78 is 0. The Morgan fingerprint density at radius 2 is 2.00 bits per heavy atom. The topological polar surface area (TPSA) is 64.9 Å². The van der Waals surface area contributed by atoms with E-state index in [1.807, 2.05) is 25.1 Å². The zero-order valence-electron chi connectivity index (χ0n) is 12.2. The molecule has 0 radical (unpaired) electrons. The number of benzene rings is 2. The Balaban J connectivity index is 1.88. The van der Waals surface area contributed by atoms with Crippen molar-refractivity contribution < 1.29 is 4.79 Å².